The van der Waals surface area contributed by atoms with E-state index in [1.165, 1.54) is 0 Å². The van der Waals surface area contributed by atoms with Crippen LogP contribution in [0.3, 0.4) is 0 Å². The van der Waals surface area contributed by atoms with Gasteiger partial charge in [0.1, 0.15) is 0 Å². The van der Waals surface area contributed by atoms with E-state index in [9.17, 15) is 4.79 Å². The largest absolute Gasteiger partial charge is 0.447 e. The molecule has 0 fully saturated rings. The van der Waals surface area contributed by atoms with Crippen molar-refractivity contribution in [1.29, 1.82) is 0 Å². The molecule has 2 N–H and O–H groups in total. The highest BCUT2D eigenvalue weighted by atomic mass is 16.3. The third-order valence-electron chi connectivity index (χ3n) is 2.57. The molecular weight excluding hydrogens is 218 g/mol. The number of carbonyl (C=O) groups excluding carboxylic acids is 1. The van der Waals surface area contributed by atoms with E-state index < -0.39 is 5.91 Å². The van der Waals surface area contributed by atoms with Gasteiger partial charge in [-0.2, -0.15) is 5.10 Å². The van der Waals surface area contributed by atoms with Gasteiger partial charge in [-0.1, -0.05) is 0 Å². The minimum absolute atomic E-state index is 0.447. The Labute approximate surface area is 96.4 Å². The van der Waals surface area contributed by atoms with Crippen molar-refractivity contribution in [3.63, 3.8) is 0 Å². The molecule has 5 nitrogen and oxygen atoms in total. The molecule has 84 valence electrons. The summed E-state index contributed by atoms with van der Waals surface area (Å²) in [6, 6.07) is 8.79. The molecule has 17 heavy (non-hydrogen) atoms. The van der Waals surface area contributed by atoms with Crippen LogP contribution in [0.15, 0.2) is 47.2 Å². The van der Waals surface area contributed by atoms with Gasteiger partial charge in [0.2, 0.25) is 11.8 Å². The third kappa shape index (κ3) is 1.48. The Morgan fingerprint density at radius 3 is 2.94 bits per heavy atom. The van der Waals surface area contributed by atoms with Gasteiger partial charge in [0.25, 0.3) is 0 Å². The zero-order valence-corrected chi connectivity index (χ0v) is 8.83. The van der Waals surface area contributed by atoms with E-state index in [1.807, 2.05) is 6.07 Å². The van der Waals surface area contributed by atoms with Crippen LogP contribution in [0.2, 0.25) is 0 Å². The fourth-order valence-electron chi connectivity index (χ4n) is 1.75. The Kier molecular flexibility index (Phi) is 1.98. The van der Waals surface area contributed by atoms with Gasteiger partial charge in [-0.05, 0) is 24.3 Å². The lowest BCUT2D eigenvalue weighted by Crippen LogP contribution is -2.10. The fraction of sp³-hybridized carbons (Fsp3) is 0. The van der Waals surface area contributed by atoms with E-state index in [0.29, 0.717) is 11.4 Å². The molecule has 2 aromatic heterocycles. The summed E-state index contributed by atoms with van der Waals surface area (Å²) < 4.78 is 6.94. The quantitative estimate of drug-likeness (QED) is 0.724. The zero-order chi connectivity index (χ0) is 11.8. The van der Waals surface area contributed by atoms with Crippen LogP contribution in [0.5, 0.6) is 0 Å². The standard InChI is InChI=1S/C12H9N3O2/c13-12(16)8-3-4-10-9(6-8)7-14-15(10)11-2-1-5-17-11/h1-7H,(H2,13,16). The minimum atomic E-state index is -0.447. The van der Waals surface area contributed by atoms with Crippen LogP contribution in [0, 0.1) is 0 Å². The highest BCUT2D eigenvalue weighted by Gasteiger charge is 2.08. The molecule has 0 saturated carbocycles. The van der Waals surface area contributed by atoms with E-state index in [2.05, 4.69) is 5.10 Å². The molecule has 3 aromatic rings. The molecule has 0 aliphatic heterocycles. The number of amides is 1. The molecule has 0 unspecified atom stereocenters. The van der Waals surface area contributed by atoms with Crippen LogP contribution in [-0.4, -0.2) is 15.7 Å². The molecule has 2 heterocycles. The summed E-state index contributed by atoms with van der Waals surface area (Å²) in [5.41, 5.74) is 6.56. The van der Waals surface area contributed by atoms with Gasteiger partial charge in [-0.15, -0.1) is 0 Å². The summed E-state index contributed by atoms with van der Waals surface area (Å²) in [7, 11) is 0. The van der Waals surface area contributed by atoms with Gasteiger partial charge >= 0.3 is 0 Å². The molecular formula is C12H9N3O2. The number of nitrogens with two attached hydrogens (primary N) is 1. The van der Waals surface area contributed by atoms with E-state index in [1.54, 1.807) is 41.4 Å². The van der Waals surface area contributed by atoms with Crippen LogP contribution < -0.4 is 5.73 Å². The monoisotopic (exact) mass is 227 g/mol. The molecule has 0 spiro atoms. The Morgan fingerprint density at radius 1 is 1.35 bits per heavy atom. The smallest absolute Gasteiger partial charge is 0.248 e. The first-order valence-corrected chi connectivity index (χ1v) is 5.07. The van der Waals surface area contributed by atoms with E-state index >= 15 is 0 Å². The van der Waals surface area contributed by atoms with Crippen LogP contribution in [0.1, 0.15) is 10.4 Å². The average Bonchev–Trinajstić information content (AvgIpc) is 2.96. The summed E-state index contributed by atoms with van der Waals surface area (Å²) in [6.07, 6.45) is 3.25. The minimum Gasteiger partial charge on any atom is -0.447 e. The van der Waals surface area contributed by atoms with Crippen molar-refractivity contribution >= 4 is 16.8 Å². The summed E-state index contributed by atoms with van der Waals surface area (Å²) in [4.78, 5) is 11.1. The van der Waals surface area contributed by atoms with Crippen LogP contribution in [0.4, 0.5) is 0 Å². The number of benzene rings is 1. The number of hydrogen-bond acceptors (Lipinski definition) is 3. The van der Waals surface area contributed by atoms with Crippen LogP contribution >= 0.6 is 0 Å². The topological polar surface area (TPSA) is 74.1 Å². The summed E-state index contributed by atoms with van der Waals surface area (Å²) in [5.74, 6) is 0.185. The molecule has 5 heteroatoms. The van der Waals surface area contributed by atoms with Gasteiger partial charge in [-0.25, -0.2) is 4.68 Å². The van der Waals surface area contributed by atoms with Crippen LogP contribution in [-0.2, 0) is 0 Å². The average molecular weight is 227 g/mol. The predicted molar refractivity (Wildman–Crippen MR) is 61.9 cm³/mol. The Bertz CT molecular complexity index is 683. The molecule has 0 bridgehead atoms. The van der Waals surface area contributed by atoms with Crippen molar-refractivity contribution in [2.45, 2.75) is 0 Å². The summed E-state index contributed by atoms with van der Waals surface area (Å²) in [5, 5.41) is 5.05. The van der Waals surface area contributed by atoms with Crippen LogP contribution in [0.25, 0.3) is 16.8 Å². The highest BCUT2D eigenvalue weighted by molar-refractivity contribution is 5.97. The first-order chi connectivity index (χ1) is 8.25. The maximum atomic E-state index is 11.1. The molecule has 1 aromatic carbocycles. The van der Waals surface area contributed by atoms with Crippen molar-refractivity contribution in [2.24, 2.45) is 5.73 Å². The zero-order valence-electron chi connectivity index (χ0n) is 8.83. The second-order valence-electron chi connectivity index (χ2n) is 3.65. The first kappa shape index (κ1) is 9.65. The van der Waals surface area contributed by atoms with Crippen molar-refractivity contribution < 1.29 is 9.21 Å². The lowest BCUT2D eigenvalue weighted by Gasteiger charge is -1.99. The maximum Gasteiger partial charge on any atom is 0.248 e. The van der Waals surface area contributed by atoms with Crippen molar-refractivity contribution in [3.8, 4) is 5.88 Å². The molecule has 0 saturated heterocycles. The first-order valence-electron chi connectivity index (χ1n) is 5.07. The molecule has 3 rings (SSSR count). The van der Waals surface area contributed by atoms with Crippen molar-refractivity contribution in [3.05, 3.63) is 48.4 Å². The van der Waals surface area contributed by atoms with Gasteiger partial charge in [-0.3, -0.25) is 4.79 Å². The van der Waals surface area contributed by atoms with Gasteiger partial charge in [0, 0.05) is 17.0 Å². The molecule has 1 amide bonds. The lowest BCUT2D eigenvalue weighted by atomic mass is 10.1. The maximum absolute atomic E-state index is 11.1. The lowest BCUT2D eigenvalue weighted by molar-refractivity contribution is 0.100. The second kappa shape index (κ2) is 3.48. The number of primary amides is 1. The number of aromatic nitrogens is 2. The normalized spacial score (nSPS) is 10.8. The molecule has 0 aliphatic rings. The number of carbonyl (C=O) groups is 1. The Hall–Kier alpha value is -2.56. The molecule has 0 aliphatic carbocycles. The van der Waals surface area contributed by atoms with Crippen molar-refractivity contribution in [2.75, 3.05) is 0 Å². The summed E-state index contributed by atoms with van der Waals surface area (Å²) in [6.45, 7) is 0. The highest BCUT2D eigenvalue weighted by Crippen LogP contribution is 2.19. The third-order valence-corrected chi connectivity index (χ3v) is 2.57. The predicted octanol–water partition coefficient (Wildman–Crippen LogP) is 1.72. The summed E-state index contributed by atoms with van der Waals surface area (Å²) >= 11 is 0. The van der Waals surface area contributed by atoms with E-state index in [0.717, 1.165) is 10.9 Å². The second-order valence-corrected chi connectivity index (χ2v) is 3.65. The number of rotatable bonds is 2. The van der Waals surface area contributed by atoms with E-state index in [4.69, 9.17) is 10.2 Å². The SMILES string of the molecule is NC(=O)c1ccc2c(cnn2-c2ccco2)c1. The van der Waals surface area contributed by atoms with E-state index in [-0.39, 0.29) is 0 Å². The number of hydrogen-bond donors (Lipinski definition) is 1. The molecule has 0 atom stereocenters. The number of fused-ring (bicyclic) bond motifs is 1. The van der Waals surface area contributed by atoms with Gasteiger partial charge in [0.15, 0.2) is 0 Å². The number of furan rings is 1. The van der Waals surface area contributed by atoms with Crippen molar-refractivity contribution in [1.82, 2.24) is 9.78 Å². The Morgan fingerprint density at radius 2 is 2.24 bits per heavy atom. The fourth-order valence-corrected chi connectivity index (χ4v) is 1.75. The molecule has 0 radical (unpaired) electrons. The Balaban J connectivity index is 2.21. The number of nitrogens with zero attached hydrogens (tertiary/aromatic N) is 2. The van der Waals surface area contributed by atoms with Gasteiger partial charge < -0.3 is 10.2 Å². The van der Waals surface area contributed by atoms with Gasteiger partial charge in [0.05, 0.1) is 18.0 Å².